The van der Waals surface area contributed by atoms with Crippen LogP contribution in [-0.2, 0) is 14.8 Å². The van der Waals surface area contributed by atoms with Crippen LogP contribution < -0.4 is 19.7 Å². The first-order valence-electron chi connectivity index (χ1n) is 23.3. The van der Waals surface area contributed by atoms with Gasteiger partial charge in [0.25, 0.3) is 15.9 Å². The van der Waals surface area contributed by atoms with Gasteiger partial charge in [-0.15, -0.1) is 0 Å². The summed E-state index contributed by atoms with van der Waals surface area (Å²) < 4.78 is 42.4. The number of aryl methyl sites for hydroxylation is 1. The van der Waals surface area contributed by atoms with Crippen LogP contribution in [0.2, 0.25) is 0 Å². The first kappa shape index (κ1) is 44.2. The SMILES string of the molecule is Cc1nc(NC[C@H]2CC[C@](C)(O)CC2)c([N+](=O)[O-])cc1S(=O)(=O)NC(=O)c1ccc(N2CCC3(CC2)CC(N2CCOC[C@H]2c2ccccc2C2CC2)C3)cc1Oc1cnc2[nH]ccc2c1. The van der Waals surface area contributed by atoms with Crippen molar-refractivity contribution in [2.24, 2.45) is 11.3 Å². The Bertz CT molecular complexity index is 2750. The van der Waals surface area contributed by atoms with E-state index in [4.69, 9.17) is 9.47 Å². The molecule has 10 rings (SSSR count). The smallest absolute Gasteiger partial charge is 0.312 e. The Morgan fingerprint density at radius 1 is 1.02 bits per heavy atom. The van der Waals surface area contributed by atoms with Gasteiger partial charge in [0.1, 0.15) is 22.0 Å². The van der Waals surface area contributed by atoms with Crippen LogP contribution in [0, 0.1) is 28.4 Å². The molecular formula is C49H58N8O8S. The van der Waals surface area contributed by atoms with E-state index in [9.17, 15) is 28.4 Å². The molecule has 2 aromatic carbocycles. The fourth-order valence-electron chi connectivity index (χ4n) is 10.9. The second-order valence-corrected chi connectivity index (χ2v) is 21.3. The first-order chi connectivity index (χ1) is 31.7. The molecule has 66 heavy (non-hydrogen) atoms. The number of ether oxygens (including phenoxy) is 2. The van der Waals surface area contributed by atoms with Crippen molar-refractivity contribution in [3.05, 3.63) is 106 Å². The number of pyridine rings is 2. The molecule has 16 nitrogen and oxygen atoms in total. The minimum Gasteiger partial charge on any atom is -0.455 e. The van der Waals surface area contributed by atoms with Gasteiger partial charge in [-0.1, -0.05) is 24.3 Å². The molecule has 0 bridgehead atoms. The summed E-state index contributed by atoms with van der Waals surface area (Å²) in [6.07, 6.45) is 12.9. The van der Waals surface area contributed by atoms with E-state index >= 15 is 0 Å². The lowest BCUT2D eigenvalue weighted by Gasteiger charge is -2.57. The second-order valence-electron chi connectivity index (χ2n) is 19.6. The van der Waals surface area contributed by atoms with Crippen LogP contribution >= 0.6 is 0 Å². The highest BCUT2D eigenvalue weighted by atomic mass is 32.2. The molecule has 3 saturated carbocycles. The van der Waals surface area contributed by atoms with E-state index in [0.717, 1.165) is 88.5 Å². The minimum atomic E-state index is -4.66. The van der Waals surface area contributed by atoms with Gasteiger partial charge >= 0.3 is 5.69 Å². The predicted octanol–water partition coefficient (Wildman–Crippen LogP) is 8.14. The van der Waals surface area contributed by atoms with Crippen molar-refractivity contribution in [3.8, 4) is 11.5 Å². The topological polar surface area (TPSA) is 205 Å². The third kappa shape index (κ3) is 9.09. The number of hydrogen-bond donors (Lipinski definition) is 4. The standard InChI is InChI=1S/C49H58N8O8S/c1-31-44(25-41(57(60)61)46(53-31)51-28-32-11-14-48(2,59)15-12-32)66(62,63)54-47(58)40-10-9-35(24-43(40)65-37-23-34-13-18-50-45(34)52-29-37)55-19-16-49(17-20-55)26-36(27-49)56-21-22-64-30-42(56)39-6-4-3-5-38(39)33-7-8-33/h3-6,9-10,13,18,23-25,29,32-33,36,42,59H,7-8,11-12,14-17,19-22,26-28,30H2,1-2H3,(H,50,52)(H,51,53)(H,54,58)/t32-,42-,48-/m0/s1. The zero-order valence-corrected chi connectivity index (χ0v) is 38.3. The molecule has 1 atom stereocenters. The summed E-state index contributed by atoms with van der Waals surface area (Å²) >= 11 is 0. The number of hydrogen-bond acceptors (Lipinski definition) is 13. The zero-order chi connectivity index (χ0) is 45.8. The first-order valence-corrected chi connectivity index (χ1v) is 24.8. The number of nitrogens with zero attached hydrogens (tertiary/aromatic N) is 5. The van der Waals surface area contributed by atoms with Crippen LogP contribution in [0.4, 0.5) is 17.2 Å². The summed E-state index contributed by atoms with van der Waals surface area (Å²) in [7, 11) is -4.66. The van der Waals surface area contributed by atoms with E-state index in [1.165, 1.54) is 37.1 Å². The predicted molar refractivity (Wildman–Crippen MR) is 250 cm³/mol. The van der Waals surface area contributed by atoms with Crippen molar-refractivity contribution in [2.75, 3.05) is 49.6 Å². The molecule has 5 heterocycles. The molecule has 17 heteroatoms. The van der Waals surface area contributed by atoms with Gasteiger partial charge in [0, 0.05) is 61.6 Å². The summed E-state index contributed by atoms with van der Waals surface area (Å²) in [5.41, 5.74) is 3.39. The molecule has 5 aromatic rings. The average Bonchev–Trinajstić information content (AvgIpc) is 4.04. The fourth-order valence-corrected chi connectivity index (χ4v) is 12.1. The number of aliphatic hydroxyl groups is 1. The molecule has 0 unspecified atom stereocenters. The highest BCUT2D eigenvalue weighted by Gasteiger charge is 2.50. The van der Waals surface area contributed by atoms with Gasteiger partial charge in [0.05, 0.1) is 47.2 Å². The molecule has 4 N–H and O–H groups in total. The van der Waals surface area contributed by atoms with Gasteiger partial charge < -0.3 is 29.8 Å². The van der Waals surface area contributed by atoms with Gasteiger partial charge in [0.15, 0.2) is 0 Å². The van der Waals surface area contributed by atoms with Crippen LogP contribution in [0.1, 0.15) is 110 Å². The van der Waals surface area contributed by atoms with E-state index < -0.39 is 37.0 Å². The van der Waals surface area contributed by atoms with Crippen molar-refractivity contribution in [2.45, 2.75) is 107 Å². The summed E-state index contributed by atoms with van der Waals surface area (Å²) in [4.78, 5) is 42.0. The maximum atomic E-state index is 14.1. The molecule has 2 saturated heterocycles. The van der Waals surface area contributed by atoms with E-state index in [1.54, 1.807) is 31.3 Å². The van der Waals surface area contributed by atoms with Crippen LogP contribution in [0.3, 0.4) is 0 Å². The summed E-state index contributed by atoms with van der Waals surface area (Å²) in [5.74, 6) is 0.305. The van der Waals surface area contributed by atoms with Crippen molar-refractivity contribution in [1.29, 1.82) is 0 Å². The molecule has 2 aliphatic heterocycles. The van der Waals surface area contributed by atoms with Crippen molar-refractivity contribution in [1.82, 2.24) is 24.6 Å². The fraction of sp³-hybridized carbons (Fsp3) is 0.490. The zero-order valence-electron chi connectivity index (χ0n) is 37.5. The van der Waals surface area contributed by atoms with Crippen molar-refractivity contribution in [3.63, 3.8) is 0 Å². The van der Waals surface area contributed by atoms with Crippen LogP contribution in [0.5, 0.6) is 11.5 Å². The lowest BCUT2D eigenvalue weighted by Crippen LogP contribution is -2.58. The maximum absolute atomic E-state index is 14.1. The second kappa shape index (κ2) is 17.6. The minimum absolute atomic E-state index is 0.0167. The number of H-pyrrole nitrogens is 1. The Kier molecular flexibility index (Phi) is 11.8. The van der Waals surface area contributed by atoms with Crippen molar-refractivity contribution >= 4 is 44.2 Å². The van der Waals surface area contributed by atoms with Gasteiger partial charge in [-0.25, -0.2) is 23.1 Å². The highest BCUT2D eigenvalue weighted by molar-refractivity contribution is 7.90. The van der Waals surface area contributed by atoms with Crippen molar-refractivity contribution < 1.29 is 32.7 Å². The number of carbonyl (C=O) groups excluding carboxylic acids is 1. The molecule has 3 aliphatic carbocycles. The third-order valence-electron chi connectivity index (χ3n) is 15.0. The molecule has 5 fully saturated rings. The number of anilines is 2. The molecule has 1 amide bonds. The number of sulfonamides is 1. The van der Waals surface area contributed by atoms with Crippen LogP contribution in [0.25, 0.3) is 11.0 Å². The Balaban J connectivity index is 0.846. The number of nitro groups is 1. The lowest BCUT2D eigenvalue weighted by molar-refractivity contribution is -0.384. The maximum Gasteiger partial charge on any atom is 0.312 e. The lowest BCUT2D eigenvalue weighted by atomic mass is 9.59. The molecule has 348 valence electrons. The Morgan fingerprint density at radius 3 is 2.52 bits per heavy atom. The number of nitrogens with one attached hydrogen (secondary N) is 3. The van der Waals surface area contributed by atoms with Gasteiger partial charge in [-0.05, 0) is 131 Å². The quantitative estimate of drug-likeness (QED) is 0.0651. The third-order valence-corrected chi connectivity index (χ3v) is 16.4. The number of aromatic amines is 1. The van der Waals surface area contributed by atoms with E-state index in [2.05, 4.69) is 59.1 Å². The number of carbonyl (C=O) groups is 1. The number of piperidine rings is 1. The molecular weight excluding hydrogens is 861 g/mol. The average molecular weight is 919 g/mol. The summed E-state index contributed by atoms with van der Waals surface area (Å²) in [6, 6.07) is 19.5. The monoisotopic (exact) mass is 918 g/mol. The largest absolute Gasteiger partial charge is 0.455 e. The molecule has 5 aliphatic rings. The number of morpholine rings is 1. The summed E-state index contributed by atoms with van der Waals surface area (Å²) in [5, 5.41) is 26.4. The molecule has 1 spiro atoms. The Hall–Kier alpha value is -5.62. The van der Waals surface area contributed by atoms with Crippen LogP contribution in [-0.4, -0.2) is 95.2 Å². The Morgan fingerprint density at radius 2 is 1.77 bits per heavy atom. The van der Waals surface area contributed by atoms with E-state index in [1.807, 2.05) is 12.1 Å². The molecule has 3 aromatic heterocycles. The van der Waals surface area contributed by atoms with E-state index in [-0.39, 0.29) is 40.2 Å². The van der Waals surface area contributed by atoms with Crippen LogP contribution in [0.15, 0.2) is 78.0 Å². The number of rotatable bonds is 13. The number of amides is 1. The van der Waals surface area contributed by atoms with Gasteiger partial charge in [0.2, 0.25) is 5.82 Å². The number of aromatic nitrogens is 3. The number of fused-ring (bicyclic) bond motifs is 1. The molecule has 0 radical (unpaired) electrons. The number of benzene rings is 2. The van der Waals surface area contributed by atoms with Gasteiger partial charge in [-0.3, -0.25) is 19.8 Å². The summed E-state index contributed by atoms with van der Waals surface area (Å²) in [6.45, 7) is 7.69. The van der Waals surface area contributed by atoms with Gasteiger partial charge in [-0.2, -0.15) is 0 Å². The Labute approximate surface area is 384 Å². The highest BCUT2D eigenvalue weighted by Crippen LogP contribution is 2.54. The van der Waals surface area contributed by atoms with E-state index in [0.29, 0.717) is 42.7 Å². The normalized spacial score (nSPS) is 23.7.